The molecule has 1 N–H and O–H groups in total. The third-order valence-corrected chi connectivity index (χ3v) is 3.36. The van der Waals surface area contributed by atoms with Gasteiger partial charge in [-0.2, -0.15) is 0 Å². The second kappa shape index (κ2) is 7.29. The molecule has 1 aromatic carbocycles. The molecule has 0 bridgehead atoms. The summed E-state index contributed by atoms with van der Waals surface area (Å²) in [6.07, 6.45) is 6.00. The maximum atomic E-state index is 11.2. The SMILES string of the molecule is CC(C)=CC=C[C@@](C)(O)CCOc1ccc2ccc(=O)oc2c1. The second-order valence-corrected chi connectivity index (χ2v) is 6.01. The van der Waals surface area contributed by atoms with Crippen LogP contribution >= 0.6 is 0 Å². The fourth-order valence-corrected chi connectivity index (χ4v) is 2.04. The van der Waals surface area contributed by atoms with E-state index in [9.17, 15) is 9.90 Å². The lowest BCUT2D eigenvalue weighted by Gasteiger charge is -2.19. The summed E-state index contributed by atoms with van der Waals surface area (Å²) >= 11 is 0. The first-order valence-electron chi connectivity index (χ1n) is 7.58. The number of fused-ring (bicyclic) bond motifs is 1. The highest BCUT2D eigenvalue weighted by molar-refractivity contribution is 5.77. The predicted octanol–water partition coefficient (Wildman–Crippen LogP) is 3.84. The molecule has 2 aromatic rings. The molecular weight excluding hydrogens is 292 g/mol. The van der Waals surface area contributed by atoms with Gasteiger partial charge in [0, 0.05) is 23.9 Å². The van der Waals surface area contributed by atoms with Crippen LogP contribution in [-0.4, -0.2) is 17.3 Å². The molecule has 0 unspecified atom stereocenters. The minimum atomic E-state index is -0.935. The van der Waals surface area contributed by atoms with Gasteiger partial charge in [-0.25, -0.2) is 4.79 Å². The first-order valence-corrected chi connectivity index (χ1v) is 7.58. The summed E-state index contributed by atoms with van der Waals surface area (Å²) in [6.45, 7) is 6.10. The van der Waals surface area contributed by atoms with Crippen LogP contribution in [-0.2, 0) is 0 Å². The molecule has 1 atom stereocenters. The molecule has 0 saturated heterocycles. The van der Waals surface area contributed by atoms with Crippen molar-refractivity contribution in [3.8, 4) is 5.75 Å². The highest BCUT2D eigenvalue weighted by atomic mass is 16.5. The topological polar surface area (TPSA) is 59.7 Å². The van der Waals surface area contributed by atoms with E-state index in [1.807, 2.05) is 38.1 Å². The molecule has 0 aliphatic heterocycles. The molecule has 0 spiro atoms. The lowest BCUT2D eigenvalue weighted by molar-refractivity contribution is 0.0833. The van der Waals surface area contributed by atoms with Crippen molar-refractivity contribution in [2.24, 2.45) is 0 Å². The molecule has 23 heavy (non-hydrogen) atoms. The van der Waals surface area contributed by atoms with Gasteiger partial charge < -0.3 is 14.3 Å². The first-order chi connectivity index (χ1) is 10.9. The predicted molar refractivity (Wildman–Crippen MR) is 91.8 cm³/mol. The summed E-state index contributed by atoms with van der Waals surface area (Å²) in [7, 11) is 0. The fourth-order valence-electron chi connectivity index (χ4n) is 2.04. The summed E-state index contributed by atoms with van der Waals surface area (Å²) in [5, 5.41) is 11.1. The van der Waals surface area contributed by atoms with E-state index < -0.39 is 5.60 Å². The van der Waals surface area contributed by atoms with Crippen molar-refractivity contribution in [3.05, 3.63) is 64.6 Å². The summed E-state index contributed by atoms with van der Waals surface area (Å²) in [5.74, 6) is 0.607. The quantitative estimate of drug-likeness (QED) is 0.650. The van der Waals surface area contributed by atoms with Crippen molar-refractivity contribution >= 4 is 11.0 Å². The fraction of sp³-hybridized carbons (Fsp3) is 0.316. The van der Waals surface area contributed by atoms with Crippen molar-refractivity contribution in [2.75, 3.05) is 6.61 Å². The van der Waals surface area contributed by atoms with Crippen molar-refractivity contribution in [3.63, 3.8) is 0 Å². The molecular formula is C19H22O4. The van der Waals surface area contributed by atoms with Crippen LogP contribution in [0.1, 0.15) is 27.2 Å². The van der Waals surface area contributed by atoms with Gasteiger partial charge in [0.05, 0.1) is 12.2 Å². The summed E-state index contributed by atoms with van der Waals surface area (Å²) in [5.41, 5.74) is 0.341. The van der Waals surface area contributed by atoms with Crippen LogP contribution in [0.25, 0.3) is 11.0 Å². The van der Waals surface area contributed by atoms with E-state index >= 15 is 0 Å². The molecule has 0 amide bonds. The standard InChI is InChI=1S/C19H22O4/c1-14(2)5-4-10-19(3,21)11-12-22-16-8-6-15-7-9-18(20)23-17(15)13-16/h4-10,13,21H,11-12H2,1-3H3/t19-/m1/s1. The van der Waals surface area contributed by atoms with Crippen LogP contribution in [0.15, 0.2) is 63.3 Å². The molecule has 4 heteroatoms. The minimum Gasteiger partial charge on any atom is -0.493 e. The Morgan fingerprint density at radius 3 is 2.78 bits per heavy atom. The third-order valence-electron chi connectivity index (χ3n) is 3.36. The van der Waals surface area contributed by atoms with Gasteiger partial charge >= 0.3 is 5.63 Å². The van der Waals surface area contributed by atoms with E-state index in [4.69, 9.17) is 9.15 Å². The number of ether oxygens (including phenoxy) is 1. The molecule has 2 rings (SSSR count). The van der Waals surface area contributed by atoms with Crippen LogP contribution < -0.4 is 10.4 Å². The molecule has 0 aliphatic carbocycles. The molecule has 122 valence electrons. The van der Waals surface area contributed by atoms with Gasteiger partial charge in [-0.1, -0.05) is 23.8 Å². The normalized spacial score (nSPS) is 13.9. The lowest BCUT2D eigenvalue weighted by Crippen LogP contribution is -2.23. The lowest BCUT2D eigenvalue weighted by atomic mass is 10.0. The number of hydrogen-bond acceptors (Lipinski definition) is 4. The van der Waals surface area contributed by atoms with Gasteiger partial charge in [-0.3, -0.25) is 0 Å². The maximum Gasteiger partial charge on any atom is 0.336 e. The van der Waals surface area contributed by atoms with E-state index in [1.54, 1.807) is 25.1 Å². The van der Waals surface area contributed by atoms with E-state index in [0.717, 1.165) is 5.39 Å². The Kier molecular flexibility index (Phi) is 5.40. The van der Waals surface area contributed by atoms with Gasteiger partial charge in [-0.05, 0) is 39.0 Å². The van der Waals surface area contributed by atoms with Crippen LogP contribution in [0, 0.1) is 0 Å². The molecule has 1 aromatic heterocycles. The molecule has 0 radical (unpaired) electrons. The zero-order chi connectivity index (χ0) is 16.9. The number of aliphatic hydroxyl groups is 1. The Bertz CT molecular complexity index is 777. The van der Waals surface area contributed by atoms with Gasteiger partial charge in [0.2, 0.25) is 0 Å². The average Bonchev–Trinajstić information content (AvgIpc) is 2.46. The van der Waals surface area contributed by atoms with E-state index in [1.165, 1.54) is 11.6 Å². The van der Waals surface area contributed by atoms with Gasteiger partial charge in [-0.15, -0.1) is 0 Å². The molecule has 4 nitrogen and oxygen atoms in total. The molecule has 1 heterocycles. The van der Waals surface area contributed by atoms with Gasteiger partial charge in [0.25, 0.3) is 0 Å². The van der Waals surface area contributed by atoms with E-state index in [2.05, 4.69) is 0 Å². The Morgan fingerprint density at radius 2 is 2.04 bits per heavy atom. The summed E-state index contributed by atoms with van der Waals surface area (Å²) in [4.78, 5) is 11.2. The highest BCUT2D eigenvalue weighted by Gasteiger charge is 2.15. The molecule has 0 saturated carbocycles. The monoisotopic (exact) mass is 314 g/mol. The van der Waals surface area contributed by atoms with E-state index in [-0.39, 0.29) is 5.63 Å². The third kappa shape index (κ3) is 5.42. The zero-order valence-electron chi connectivity index (χ0n) is 13.7. The number of hydrogen-bond donors (Lipinski definition) is 1. The number of rotatable bonds is 6. The summed E-state index contributed by atoms with van der Waals surface area (Å²) in [6, 6.07) is 8.43. The van der Waals surface area contributed by atoms with Crippen LogP contribution in [0.5, 0.6) is 5.75 Å². The Labute approximate surface area is 135 Å². The smallest absolute Gasteiger partial charge is 0.336 e. The van der Waals surface area contributed by atoms with Crippen LogP contribution in [0.3, 0.4) is 0 Å². The Balaban J connectivity index is 1.97. The molecule has 0 fully saturated rings. The minimum absolute atomic E-state index is 0.356. The van der Waals surface area contributed by atoms with Crippen molar-refractivity contribution in [2.45, 2.75) is 32.8 Å². The molecule has 0 aliphatic rings. The second-order valence-electron chi connectivity index (χ2n) is 6.01. The maximum absolute atomic E-state index is 11.2. The Morgan fingerprint density at radius 1 is 1.30 bits per heavy atom. The number of allylic oxidation sites excluding steroid dienone is 3. The van der Waals surface area contributed by atoms with Crippen molar-refractivity contribution in [1.82, 2.24) is 0 Å². The first kappa shape index (κ1) is 17.0. The highest BCUT2D eigenvalue weighted by Crippen LogP contribution is 2.20. The Hall–Kier alpha value is -2.33. The van der Waals surface area contributed by atoms with Crippen LogP contribution in [0.4, 0.5) is 0 Å². The van der Waals surface area contributed by atoms with Crippen LogP contribution in [0.2, 0.25) is 0 Å². The van der Waals surface area contributed by atoms with Gasteiger partial charge in [0.1, 0.15) is 11.3 Å². The van der Waals surface area contributed by atoms with E-state index in [0.29, 0.717) is 24.4 Å². The van der Waals surface area contributed by atoms with Gasteiger partial charge in [0.15, 0.2) is 0 Å². The number of benzene rings is 1. The zero-order valence-corrected chi connectivity index (χ0v) is 13.7. The summed E-state index contributed by atoms with van der Waals surface area (Å²) < 4.78 is 10.8. The largest absolute Gasteiger partial charge is 0.493 e. The van der Waals surface area contributed by atoms with Crippen molar-refractivity contribution < 1.29 is 14.3 Å². The van der Waals surface area contributed by atoms with Crippen molar-refractivity contribution in [1.29, 1.82) is 0 Å². The average molecular weight is 314 g/mol.